The molecule has 0 radical (unpaired) electrons. The van der Waals surface area contributed by atoms with Gasteiger partial charge in [0.15, 0.2) is 0 Å². The van der Waals surface area contributed by atoms with E-state index in [2.05, 4.69) is 19.2 Å². The molecule has 0 saturated carbocycles. The number of hydrogen-bond acceptors (Lipinski definition) is 3. The summed E-state index contributed by atoms with van der Waals surface area (Å²) in [7, 11) is 0. The molecule has 1 aliphatic rings. The van der Waals surface area contributed by atoms with Crippen molar-refractivity contribution in [2.45, 2.75) is 39.2 Å². The molecule has 1 aromatic carbocycles. The minimum atomic E-state index is -0.414. The molecule has 1 aliphatic heterocycles. The van der Waals surface area contributed by atoms with Gasteiger partial charge in [0.2, 0.25) is 5.91 Å². The zero-order chi connectivity index (χ0) is 17.5. The van der Waals surface area contributed by atoms with Gasteiger partial charge in [0, 0.05) is 25.2 Å². The number of nitrogens with one attached hydrogen (secondary N) is 1. The second-order valence-corrected chi connectivity index (χ2v) is 7.10. The van der Waals surface area contributed by atoms with Crippen molar-refractivity contribution in [2.24, 2.45) is 17.6 Å². The Morgan fingerprint density at radius 3 is 2.60 bits per heavy atom. The molecule has 3 N–H and O–H groups in total. The molecular weight excluding hydrogens is 338 g/mol. The number of piperidine rings is 1. The monoisotopic (exact) mass is 367 g/mol. The summed E-state index contributed by atoms with van der Waals surface area (Å²) in [5.41, 5.74) is 6.70. The fourth-order valence-electron chi connectivity index (χ4n) is 3.20. The van der Waals surface area contributed by atoms with E-state index in [-0.39, 0.29) is 24.2 Å². The Balaban J connectivity index is 0.00000312. The fraction of sp³-hybridized carbons (Fsp3) is 0.579. The van der Waals surface area contributed by atoms with Crippen LogP contribution in [0.2, 0.25) is 0 Å². The summed E-state index contributed by atoms with van der Waals surface area (Å²) in [6.07, 6.45) is 2.70. The summed E-state index contributed by atoms with van der Waals surface area (Å²) in [4.78, 5) is 26.4. The number of benzene rings is 1. The van der Waals surface area contributed by atoms with Gasteiger partial charge in [-0.15, -0.1) is 12.4 Å². The van der Waals surface area contributed by atoms with Crippen LogP contribution < -0.4 is 11.1 Å². The van der Waals surface area contributed by atoms with Crippen LogP contribution in [-0.4, -0.2) is 42.4 Å². The third kappa shape index (κ3) is 6.67. The maximum Gasteiger partial charge on any atom is 0.251 e. The van der Waals surface area contributed by atoms with Crippen LogP contribution in [0.3, 0.4) is 0 Å². The molecule has 2 rings (SSSR count). The van der Waals surface area contributed by atoms with E-state index in [4.69, 9.17) is 5.73 Å². The molecule has 2 atom stereocenters. The molecule has 0 aliphatic carbocycles. The van der Waals surface area contributed by atoms with Crippen molar-refractivity contribution in [2.75, 3.05) is 19.6 Å². The molecule has 0 spiro atoms. The molecule has 1 unspecified atom stereocenters. The number of nitrogens with two attached hydrogens (primary N) is 1. The normalized spacial score (nSPS) is 18.4. The van der Waals surface area contributed by atoms with Gasteiger partial charge in [-0.2, -0.15) is 0 Å². The van der Waals surface area contributed by atoms with E-state index in [1.54, 1.807) is 12.1 Å². The number of hydrogen-bond donors (Lipinski definition) is 2. The van der Waals surface area contributed by atoms with E-state index in [9.17, 15) is 9.59 Å². The minimum absolute atomic E-state index is 0. The van der Waals surface area contributed by atoms with Crippen LogP contribution in [0.1, 0.15) is 43.5 Å². The number of likely N-dealkylation sites (tertiary alicyclic amines) is 1. The molecule has 0 aromatic heterocycles. The number of rotatable bonds is 6. The molecule has 2 amide bonds. The Morgan fingerprint density at radius 2 is 1.96 bits per heavy atom. The first-order valence-corrected chi connectivity index (χ1v) is 8.85. The van der Waals surface area contributed by atoms with E-state index in [0.717, 1.165) is 19.4 Å². The molecule has 0 bridgehead atoms. The van der Waals surface area contributed by atoms with Crippen LogP contribution in [0.4, 0.5) is 0 Å². The third-order valence-electron chi connectivity index (χ3n) is 4.46. The van der Waals surface area contributed by atoms with Crippen LogP contribution >= 0.6 is 12.4 Å². The number of amides is 2. The molecule has 1 fully saturated rings. The van der Waals surface area contributed by atoms with Gasteiger partial charge in [-0.25, -0.2) is 0 Å². The first-order valence-electron chi connectivity index (χ1n) is 8.85. The number of carbonyl (C=O) groups excluding carboxylic acids is 2. The highest BCUT2D eigenvalue weighted by Crippen LogP contribution is 2.18. The predicted octanol–water partition coefficient (Wildman–Crippen LogP) is 2.45. The molecule has 6 heteroatoms. The first-order chi connectivity index (χ1) is 11.5. The molecular formula is C19H30ClN3O2. The van der Waals surface area contributed by atoms with Crippen LogP contribution in [0, 0.1) is 11.8 Å². The summed E-state index contributed by atoms with van der Waals surface area (Å²) < 4.78 is 0. The van der Waals surface area contributed by atoms with Gasteiger partial charge in [0.1, 0.15) is 0 Å². The Kier molecular flexibility index (Phi) is 8.93. The lowest BCUT2D eigenvalue weighted by molar-refractivity contribution is -0.134. The number of halogens is 1. The number of nitrogens with zero attached hydrogens (tertiary/aromatic N) is 1. The highest BCUT2D eigenvalue weighted by molar-refractivity contribution is 5.94. The van der Waals surface area contributed by atoms with E-state index < -0.39 is 6.04 Å². The van der Waals surface area contributed by atoms with Gasteiger partial charge >= 0.3 is 0 Å². The Bertz CT molecular complexity index is 551. The fourth-order valence-corrected chi connectivity index (χ4v) is 3.20. The van der Waals surface area contributed by atoms with Gasteiger partial charge in [0.25, 0.3) is 5.91 Å². The largest absolute Gasteiger partial charge is 0.352 e. The topological polar surface area (TPSA) is 75.4 Å². The smallest absolute Gasteiger partial charge is 0.251 e. The molecule has 5 nitrogen and oxygen atoms in total. The van der Waals surface area contributed by atoms with E-state index in [1.165, 1.54) is 0 Å². The summed E-state index contributed by atoms with van der Waals surface area (Å²) in [5.74, 6) is 0.689. The van der Waals surface area contributed by atoms with Crippen molar-refractivity contribution < 1.29 is 9.59 Å². The van der Waals surface area contributed by atoms with Gasteiger partial charge < -0.3 is 16.0 Å². The first kappa shape index (κ1) is 21.5. The van der Waals surface area contributed by atoms with Crippen molar-refractivity contribution in [1.29, 1.82) is 0 Å². The standard InChI is InChI=1S/C19H29N3O2.ClH/c1-14(2)11-17(20)19(24)22-10-6-7-15(13-22)12-21-18(23)16-8-4-3-5-9-16;/h3-5,8-9,14-15,17H,6-7,10-13,20H2,1-2H3,(H,21,23);1H/t15?,17-;/m0./s1. The van der Waals surface area contributed by atoms with Gasteiger partial charge in [-0.1, -0.05) is 32.0 Å². The maximum atomic E-state index is 12.5. The average Bonchev–Trinajstić information content (AvgIpc) is 2.59. The molecule has 1 heterocycles. The zero-order valence-corrected chi connectivity index (χ0v) is 15.9. The molecule has 1 saturated heterocycles. The van der Waals surface area contributed by atoms with Crippen LogP contribution in [0.5, 0.6) is 0 Å². The maximum absolute atomic E-state index is 12.5. The lowest BCUT2D eigenvalue weighted by Gasteiger charge is -2.34. The SMILES string of the molecule is CC(C)C[C@H](N)C(=O)N1CCCC(CNC(=O)c2ccccc2)C1.Cl. The van der Waals surface area contributed by atoms with Crippen molar-refractivity contribution in [3.8, 4) is 0 Å². The molecule has 140 valence electrons. The van der Waals surface area contributed by atoms with E-state index >= 15 is 0 Å². The Hall–Kier alpha value is -1.59. The van der Waals surface area contributed by atoms with Crippen molar-refractivity contribution in [1.82, 2.24) is 10.2 Å². The van der Waals surface area contributed by atoms with Gasteiger partial charge in [-0.05, 0) is 43.2 Å². The van der Waals surface area contributed by atoms with Crippen molar-refractivity contribution in [3.05, 3.63) is 35.9 Å². The third-order valence-corrected chi connectivity index (χ3v) is 4.46. The van der Waals surface area contributed by atoms with Gasteiger partial charge in [0.05, 0.1) is 6.04 Å². The highest BCUT2D eigenvalue weighted by Gasteiger charge is 2.27. The minimum Gasteiger partial charge on any atom is -0.352 e. The number of carbonyl (C=O) groups is 2. The van der Waals surface area contributed by atoms with Crippen molar-refractivity contribution >= 4 is 24.2 Å². The quantitative estimate of drug-likeness (QED) is 0.810. The summed E-state index contributed by atoms with van der Waals surface area (Å²) in [6.45, 7) is 6.20. The Labute approximate surface area is 156 Å². The second kappa shape index (κ2) is 10.4. The average molecular weight is 368 g/mol. The highest BCUT2D eigenvalue weighted by atomic mass is 35.5. The summed E-state index contributed by atoms with van der Waals surface area (Å²) >= 11 is 0. The second-order valence-electron chi connectivity index (χ2n) is 7.10. The summed E-state index contributed by atoms with van der Waals surface area (Å²) in [5, 5.41) is 2.98. The molecule has 1 aromatic rings. The van der Waals surface area contributed by atoms with Crippen LogP contribution in [-0.2, 0) is 4.79 Å². The predicted molar refractivity (Wildman–Crippen MR) is 103 cm³/mol. The van der Waals surface area contributed by atoms with Crippen LogP contribution in [0.15, 0.2) is 30.3 Å². The van der Waals surface area contributed by atoms with E-state index in [1.807, 2.05) is 23.1 Å². The zero-order valence-electron chi connectivity index (χ0n) is 15.1. The Morgan fingerprint density at radius 1 is 1.28 bits per heavy atom. The van der Waals surface area contributed by atoms with Crippen molar-refractivity contribution in [3.63, 3.8) is 0 Å². The van der Waals surface area contributed by atoms with Gasteiger partial charge in [-0.3, -0.25) is 9.59 Å². The summed E-state index contributed by atoms with van der Waals surface area (Å²) in [6, 6.07) is 8.79. The lowest BCUT2D eigenvalue weighted by atomic mass is 9.96. The lowest BCUT2D eigenvalue weighted by Crippen LogP contribution is -2.50. The molecule has 25 heavy (non-hydrogen) atoms. The van der Waals surface area contributed by atoms with Crippen LogP contribution in [0.25, 0.3) is 0 Å². The van der Waals surface area contributed by atoms with E-state index in [0.29, 0.717) is 36.9 Å².